The molecule has 0 bridgehead atoms. The highest BCUT2D eigenvalue weighted by Gasteiger charge is 2.34. The Balaban J connectivity index is 0.00000256. The van der Waals surface area contributed by atoms with Gasteiger partial charge in [0.05, 0.1) is 0 Å². The minimum absolute atomic E-state index is 0. The summed E-state index contributed by atoms with van der Waals surface area (Å²) in [5.74, 6) is -1.59. The molecule has 10 nitrogen and oxygen atoms in total. The first-order valence-electron chi connectivity index (χ1n) is 4.11. The Morgan fingerprint density at radius 1 is 1.29 bits per heavy atom. The highest BCUT2D eigenvalue weighted by atomic mass is 31.2. The molecule has 17 heavy (non-hydrogen) atoms. The molecule has 1 aliphatic heterocycles. The van der Waals surface area contributed by atoms with Crippen LogP contribution in [0.5, 0.6) is 0 Å². The van der Waals surface area contributed by atoms with Gasteiger partial charge in [0.25, 0.3) is 0 Å². The number of rotatable bonds is 4. The predicted octanol–water partition coefficient (Wildman–Crippen LogP) is -1.24. The number of aliphatic hydroxyl groups excluding tert-OH is 1. The molecule has 0 amide bonds. The van der Waals surface area contributed by atoms with Crippen LogP contribution in [0.4, 0.5) is 0 Å². The van der Waals surface area contributed by atoms with E-state index in [0.29, 0.717) is 4.67 Å². The third kappa shape index (κ3) is 4.38. The molecular formula is C5H14N2O8P2. The van der Waals surface area contributed by atoms with Gasteiger partial charge in [-0.1, -0.05) is 0 Å². The van der Waals surface area contributed by atoms with Crippen LogP contribution >= 0.6 is 15.3 Å². The van der Waals surface area contributed by atoms with Gasteiger partial charge in [0.1, 0.15) is 6.67 Å². The minimum atomic E-state index is -4.45. The van der Waals surface area contributed by atoms with Crippen LogP contribution in [0.15, 0.2) is 12.4 Å². The van der Waals surface area contributed by atoms with E-state index in [1.165, 1.54) is 0 Å². The van der Waals surface area contributed by atoms with Gasteiger partial charge in [-0.2, -0.15) is 4.62 Å². The maximum Gasteiger partial charge on any atom is 0.431 e. The summed E-state index contributed by atoms with van der Waals surface area (Å²) in [5, 5.41) is 9.67. The van der Waals surface area contributed by atoms with Crippen LogP contribution < -0.4 is 0 Å². The number of hydrogen-bond donors (Lipinski definition) is 4. The normalized spacial score (nSPS) is 21.0. The quantitative estimate of drug-likeness (QED) is 0.464. The predicted molar refractivity (Wildman–Crippen MR) is 55.9 cm³/mol. The first-order chi connectivity index (χ1) is 7.13. The average Bonchev–Trinajstić information content (AvgIpc) is 2.50. The van der Waals surface area contributed by atoms with E-state index in [0.717, 1.165) is 24.4 Å². The molecule has 0 aromatic heterocycles. The van der Waals surface area contributed by atoms with Crippen LogP contribution in [0.25, 0.3) is 0 Å². The number of nitrogens with zero attached hydrogens (tertiary/aromatic N) is 2. The Kier molecular flexibility index (Phi) is 5.33. The van der Waals surface area contributed by atoms with Gasteiger partial charge in [-0.15, -0.1) is 0 Å². The maximum absolute atomic E-state index is 11.2. The SMILES string of the molecule is CC(O)P(=O)(O)ON1C=CN(P(=O)(O)O)C1.O. The van der Waals surface area contributed by atoms with Crippen LogP contribution in [-0.4, -0.2) is 47.5 Å². The van der Waals surface area contributed by atoms with Crippen LogP contribution in [-0.2, 0) is 13.8 Å². The van der Waals surface area contributed by atoms with E-state index < -0.39 is 27.9 Å². The zero-order valence-electron chi connectivity index (χ0n) is 8.74. The summed E-state index contributed by atoms with van der Waals surface area (Å²) < 4.78 is 27.1. The van der Waals surface area contributed by atoms with Gasteiger partial charge in [0.2, 0.25) is 0 Å². The summed E-state index contributed by atoms with van der Waals surface area (Å²) in [5.41, 5.74) is 0. The van der Waals surface area contributed by atoms with Gasteiger partial charge in [0.15, 0.2) is 5.85 Å². The Hall–Kier alpha value is -0.440. The fourth-order valence-electron chi connectivity index (χ4n) is 0.829. The van der Waals surface area contributed by atoms with Crippen molar-refractivity contribution in [2.45, 2.75) is 12.8 Å². The number of hydroxylamine groups is 2. The lowest BCUT2D eigenvalue weighted by Gasteiger charge is -2.23. The number of hydrogen-bond acceptors (Lipinski definition) is 5. The lowest BCUT2D eigenvalue weighted by Crippen LogP contribution is -2.24. The molecule has 0 fully saturated rings. The van der Waals surface area contributed by atoms with Crippen molar-refractivity contribution >= 4 is 15.3 Å². The van der Waals surface area contributed by atoms with E-state index in [9.17, 15) is 9.13 Å². The van der Waals surface area contributed by atoms with Crippen molar-refractivity contribution in [3.63, 3.8) is 0 Å². The fraction of sp³-hybridized carbons (Fsp3) is 0.600. The van der Waals surface area contributed by atoms with Crippen molar-refractivity contribution in [1.82, 2.24) is 9.73 Å². The molecule has 0 aromatic carbocycles. The van der Waals surface area contributed by atoms with E-state index in [-0.39, 0.29) is 5.48 Å². The summed E-state index contributed by atoms with van der Waals surface area (Å²) in [6, 6.07) is 0. The summed E-state index contributed by atoms with van der Waals surface area (Å²) in [4.78, 5) is 26.7. The summed E-state index contributed by atoms with van der Waals surface area (Å²) >= 11 is 0. The van der Waals surface area contributed by atoms with Crippen molar-refractivity contribution in [1.29, 1.82) is 0 Å². The molecule has 6 N–H and O–H groups in total. The van der Waals surface area contributed by atoms with E-state index >= 15 is 0 Å². The molecule has 0 saturated carbocycles. The third-order valence-corrected chi connectivity index (χ3v) is 4.04. The molecule has 1 rings (SSSR count). The van der Waals surface area contributed by atoms with Crippen LogP contribution in [0, 0.1) is 0 Å². The summed E-state index contributed by atoms with van der Waals surface area (Å²) in [7, 11) is -8.69. The van der Waals surface area contributed by atoms with Crippen molar-refractivity contribution in [3.05, 3.63) is 12.4 Å². The second kappa shape index (κ2) is 5.47. The largest absolute Gasteiger partial charge is 0.431 e. The van der Waals surface area contributed by atoms with Gasteiger partial charge in [-0.05, 0) is 6.92 Å². The molecule has 12 heteroatoms. The second-order valence-corrected chi connectivity index (χ2v) is 6.67. The van der Waals surface area contributed by atoms with Crippen LogP contribution in [0.1, 0.15) is 6.92 Å². The fourth-order valence-corrected chi connectivity index (χ4v) is 1.89. The van der Waals surface area contributed by atoms with Gasteiger partial charge >= 0.3 is 15.3 Å². The molecule has 1 heterocycles. The zero-order chi connectivity index (χ0) is 12.6. The standard InChI is InChI=1S/C5H12N2O7P2.H2O/c1-5(8)15(9,10)14-6-2-3-7(4-6)16(11,12)13;/h2-3,5,8H,4H2,1H3,(H,9,10)(H2,11,12,13);1H2. The van der Waals surface area contributed by atoms with Gasteiger partial charge in [-0.3, -0.25) is 9.24 Å². The van der Waals surface area contributed by atoms with Crippen molar-refractivity contribution in [3.8, 4) is 0 Å². The summed E-state index contributed by atoms with van der Waals surface area (Å²) in [6.07, 6.45) is 2.09. The van der Waals surface area contributed by atoms with E-state index in [2.05, 4.69) is 4.62 Å². The van der Waals surface area contributed by atoms with Gasteiger partial charge < -0.3 is 25.3 Å². The first kappa shape index (κ1) is 16.6. The minimum Gasteiger partial charge on any atom is -0.412 e. The maximum atomic E-state index is 11.2. The van der Waals surface area contributed by atoms with Gasteiger partial charge in [-0.25, -0.2) is 9.63 Å². The van der Waals surface area contributed by atoms with Crippen LogP contribution in [0.2, 0.25) is 0 Å². The smallest absolute Gasteiger partial charge is 0.412 e. The Bertz CT molecular complexity index is 378. The molecule has 102 valence electrons. The lowest BCUT2D eigenvalue weighted by molar-refractivity contribution is -0.0342. The van der Waals surface area contributed by atoms with E-state index in [1.54, 1.807) is 0 Å². The first-order valence-corrected chi connectivity index (χ1v) is 7.32. The Morgan fingerprint density at radius 2 is 1.82 bits per heavy atom. The van der Waals surface area contributed by atoms with Gasteiger partial charge in [0, 0.05) is 12.4 Å². The van der Waals surface area contributed by atoms with Crippen molar-refractivity contribution in [2.24, 2.45) is 0 Å². The molecule has 2 unspecified atom stereocenters. The summed E-state index contributed by atoms with van der Waals surface area (Å²) in [6.45, 7) is 0.670. The molecule has 1 aliphatic rings. The van der Waals surface area contributed by atoms with Crippen LogP contribution in [0.3, 0.4) is 0 Å². The molecule has 2 atom stereocenters. The van der Waals surface area contributed by atoms with E-state index in [1.807, 2.05) is 0 Å². The third-order valence-electron chi connectivity index (χ3n) is 1.72. The molecule has 0 radical (unpaired) electrons. The molecule has 0 aliphatic carbocycles. The molecule has 0 spiro atoms. The lowest BCUT2D eigenvalue weighted by atomic mass is 10.9. The van der Waals surface area contributed by atoms with Crippen molar-refractivity contribution in [2.75, 3.05) is 6.67 Å². The highest BCUT2D eigenvalue weighted by molar-refractivity contribution is 7.53. The topological polar surface area (TPSA) is 162 Å². The monoisotopic (exact) mass is 292 g/mol. The molecule has 0 saturated heterocycles. The van der Waals surface area contributed by atoms with Crippen molar-refractivity contribution < 1.29 is 39.0 Å². The Labute approximate surface area is 96.7 Å². The zero-order valence-corrected chi connectivity index (χ0v) is 10.5. The number of aliphatic hydroxyl groups is 1. The molecule has 0 aromatic rings. The highest BCUT2D eigenvalue weighted by Crippen LogP contribution is 2.49. The second-order valence-electron chi connectivity index (χ2n) is 3.09. The average molecular weight is 292 g/mol. The van der Waals surface area contributed by atoms with E-state index in [4.69, 9.17) is 19.8 Å². The Morgan fingerprint density at radius 3 is 2.18 bits per heavy atom. The molecular weight excluding hydrogens is 278 g/mol.